The summed E-state index contributed by atoms with van der Waals surface area (Å²) in [5.74, 6) is 0. The fourth-order valence-electron chi connectivity index (χ4n) is 2.28. The molecule has 1 fully saturated rings. The number of morpholine rings is 1. The summed E-state index contributed by atoms with van der Waals surface area (Å²) in [4.78, 5) is 2.26. The Balaban J connectivity index is 2.31. The quantitative estimate of drug-likeness (QED) is 0.887. The van der Waals surface area contributed by atoms with Crippen molar-refractivity contribution in [1.29, 1.82) is 0 Å². The molecule has 3 N–H and O–H groups in total. The number of aliphatic hydroxyl groups excluding tert-OH is 1. The van der Waals surface area contributed by atoms with Gasteiger partial charge in [0.05, 0.1) is 19.3 Å². The van der Waals surface area contributed by atoms with Gasteiger partial charge in [0.25, 0.3) is 0 Å². The number of anilines is 1. The maximum absolute atomic E-state index is 9.24. The Morgan fingerprint density at radius 2 is 2.33 bits per heavy atom. The zero-order valence-electron chi connectivity index (χ0n) is 10.5. The molecule has 0 saturated carbocycles. The predicted octanol–water partition coefficient (Wildman–Crippen LogP) is 1.49. The third-order valence-electron chi connectivity index (χ3n) is 3.32. The van der Waals surface area contributed by atoms with Crippen molar-refractivity contribution in [2.24, 2.45) is 5.73 Å². The number of nitrogens with two attached hydrogens (primary N) is 1. The third kappa shape index (κ3) is 2.69. The highest BCUT2D eigenvalue weighted by Crippen LogP contribution is 2.30. The fraction of sp³-hybridized carbons (Fsp3) is 0.538. The first-order chi connectivity index (χ1) is 8.67. The van der Waals surface area contributed by atoms with Gasteiger partial charge in [-0.25, -0.2) is 0 Å². The number of hydrogen-bond donors (Lipinski definition) is 2. The topological polar surface area (TPSA) is 58.7 Å². The molecule has 2 unspecified atom stereocenters. The van der Waals surface area contributed by atoms with Crippen molar-refractivity contribution < 1.29 is 9.84 Å². The molecule has 2 rings (SSSR count). The van der Waals surface area contributed by atoms with Gasteiger partial charge < -0.3 is 20.5 Å². The van der Waals surface area contributed by atoms with Crippen LogP contribution in [0.15, 0.2) is 22.7 Å². The van der Waals surface area contributed by atoms with Crippen LogP contribution < -0.4 is 10.6 Å². The Morgan fingerprint density at radius 1 is 1.56 bits per heavy atom. The van der Waals surface area contributed by atoms with Gasteiger partial charge in [-0.1, -0.05) is 22.0 Å². The van der Waals surface area contributed by atoms with E-state index < -0.39 is 0 Å². The van der Waals surface area contributed by atoms with E-state index in [1.54, 1.807) is 0 Å². The van der Waals surface area contributed by atoms with Gasteiger partial charge in [-0.15, -0.1) is 0 Å². The zero-order valence-corrected chi connectivity index (χ0v) is 12.1. The first-order valence-corrected chi connectivity index (χ1v) is 6.93. The summed E-state index contributed by atoms with van der Waals surface area (Å²) in [5, 5.41) is 9.24. The Kier molecular flexibility index (Phi) is 4.61. The third-order valence-corrected chi connectivity index (χ3v) is 4.06. The van der Waals surface area contributed by atoms with Gasteiger partial charge in [-0.2, -0.15) is 0 Å². The lowest BCUT2D eigenvalue weighted by Gasteiger charge is -2.40. The average molecular weight is 315 g/mol. The molecule has 1 aromatic carbocycles. The summed E-state index contributed by atoms with van der Waals surface area (Å²) in [6.45, 7) is 3.98. The lowest BCUT2D eigenvalue weighted by molar-refractivity contribution is -0.0103. The van der Waals surface area contributed by atoms with E-state index in [0.717, 1.165) is 15.7 Å². The van der Waals surface area contributed by atoms with Crippen LogP contribution in [-0.2, 0) is 11.3 Å². The van der Waals surface area contributed by atoms with E-state index in [4.69, 9.17) is 10.5 Å². The van der Waals surface area contributed by atoms with Crippen LogP contribution in [0.25, 0.3) is 0 Å². The number of halogens is 1. The summed E-state index contributed by atoms with van der Waals surface area (Å²) in [7, 11) is 0. The Bertz CT molecular complexity index is 414. The van der Waals surface area contributed by atoms with Crippen molar-refractivity contribution in [2.45, 2.75) is 25.6 Å². The normalized spacial score (nSPS) is 24.3. The van der Waals surface area contributed by atoms with Crippen LogP contribution >= 0.6 is 15.9 Å². The van der Waals surface area contributed by atoms with E-state index in [0.29, 0.717) is 19.7 Å². The summed E-state index contributed by atoms with van der Waals surface area (Å²) in [6.07, 6.45) is -0.120. The molecule has 1 heterocycles. The molecule has 0 amide bonds. The van der Waals surface area contributed by atoms with Gasteiger partial charge in [0.1, 0.15) is 0 Å². The Morgan fingerprint density at radius 3 is 3.00 bits per heavy atom. The van der Waals surface area contributed by atoms with Crippen molar-refractivity contribution in [3.05, 3.63) is 28.2 Å². The molecule has 0 radical (unpaired) electrons. The fourth-order valence-corrected chi connectivity index (χ4v) is 2.80. The average Bonchev–Trinajstić information content (AvgIpc) is 2.39. The molecular weight excluding hydrogens is 296 g/mol. The van der Waals surface area contributed by atoms with Crippen molar-refractivity contribution in [3.8, 4) is 0 Å². The molecule has 0 aliphatic carbocycles. The van der Waals surface area contributed by atoms with Crippen molar-refractivity contribution in [2.75, 3.05) is 24.7 Å². The van der Waals surface area contributed by atoms with E-state index in [2.05, 4.69) is 33.8 Å². The summed E-state index contributed by atoms with van der Waals surface area (Å²) in [5.41, 5.74) is 8.06. The van der Waals surface area contributed by atoms with Gasteiger partial charge >= 0.3 is 0 Å². The molecule has 0 bridgehead atoms. The number of aliphatic hydroxyl groups is 1. The van der Waals surface area contributed by atoms with Crippen molar-refractivity contribution >= 4 is 21.6 Å². The number of nitrogens with zero attached hydrogens (tertiary/aromatic N) is 1. The molecule has 1 saturated heterocycles. The minimum absolute atomic E-state index is 0.0508. The summed E-state index contributed by atoms with van der Waals surface area (Å²) in [6, 6.07) is 6.37. The van der Waals surface area contributed by atoms with Crippen LogP contribution in [0.1, 0.15) is 12.5 Å². The molecule has 2 atom stereocenters. The van der Waals surface area contributed by atoms with Crippen molar-refractivity contribution in [3.63, 3.8) is 0 Å². The molecular formula is C13H19BrN2O2. The monoisotopic (exact) mass is 314 g/mol. The Hall–Kier alpha value is -0.620. The highest BCUT2D eigenvalue weighted by molar-refractivity contribution is 9.10. The van der Waals surface area contributed by atoms with Gasteiger partial charge in [-0.3, -0.25) is 0 Å². The molecule has 0 spiro atoms. The van der Waals surface area contributed by atoms with Crippen LogP contribution in [0.4, 0.5) is 5.69 Å². The number of ether oxygens (including phenoxy) is 1. The molecule has 1 aliphatic rings. The summed E-state index contributed by atoms with van der Waals surface area (Å²) < 4.78 is 6.59. The van der Waals surface area contributed by atoms with E-state index in [9.17, 15) is 5.11 Å². The second-order valence-electron chi connectivity index (χ2n) is 4.58. The molecule has 1 aromatic rings. The van der Waals surface area contributed by atoms with Crippen molar-refractivity contribution in [1.82, 2.24) is 0 Å². The second kappa shape index (κ2) is 6.02. The smallest absolute Gasteiger partial charge is 0.0981 e. The maximum Gasteiger partial charge on any atom is 0.0981 e. The standard InChI is InChI=1S/C13H19BrN2O2/c1-9-8-18-10(7-17)6-16(9)13-4-2-3-12(14)11(13)5-15/h2-4,9-10,17H,5-8,15H2,1H3. The van der Waals surface area contributed by atoms with Gasteiger partial charge in [0.15, 0.2) is 0 Å². The molecule has 4 nitrogen and oxygen atoms in total. The van der Waals surface area contributed by atoms with E-state index in [1.807, 2.05) is 12.1 Å². The maximum atomic E-state index is 9.24. The molecule has 5 heteroatoms. The minimum atomic E-state index is -0.120. The lowest BCUT2D eigenvalue weighted by Crippen LogP contribution is -2.50. The molecule has 1 aliphatic heterocycles. The first-order valence-electron chi connectivity index (χ1n) is 6.14. The van der Waals surface area contributed by atoms with Crippen LogP contribution in [0.3, 0.4) is 0 Å². The lowest BCUT2D eigenvalue weighted by atomic mass is 10.1. The second-order valence-corrected chi connectivity index (χ2v) is 5.44. The van der Waals surface area contributed by atoms with Crippen LogP contribution in [0.5, 0.6) is 0 Å². The predicted molar refractivity (Wildman–Crippen MR) is 75.7 cm³/mol. The molecule has 100 valence electrons. The van der Waals surface area contributed by atoms with E-state index in [1.165, 1.54) is 0 Å². The number of benzene rings is 1. The highest BCUT2D eigenvalue weighted by Gasteiger charge is 2.27. The molecule has 0 aromatic heterocycles. The van der Waals surface area contributed by atoms with Crippen LogP contribution in [0.2, 0.25) is 0 Å². The largest absolute Gasteiger partial charge is 0.394 e. The summed E-state index contributed by atoms with van der Waals surface area (Å²) >= 11 is 3.54. The minimum Gasteiger partial charge on any atom is -0.394 e. The SMILES string of the molecule is CC1COC(CO)CN1c1cccc(Br)c1CN. The zero-order chi connectivity index (χ0) is 13.1. The first kappa shape index (κ1) is 13.8. The van der Waals surface area contributed by atoms with Gasteiger partial charge in [-0.05, 0) is 19.1 Å². The molecule has 18 heavy (non-hydrogen) atoms. The Labute approximate surface area is 116 Å². The van der Waals surface area contributed by atoms with Gasteiger partial charge in [0.2, 0.25) is 0 Å². The highest BCUT2D eigenvalue weighted by atomic mass is 79.9. The van der Waals surface area contributed by atoms with E-state index in [-0.39, 0.29) is 18.8 Å². The number of hydrogen-bond acceptors (Lipinski definition) is 4. The van der Waals surface area contributed by atoms with E-state index >= 15 is 0 Å². The van der Waals surface area contributed by atoms with Crippen LogP contribution in [-0.4, -0.2) is 37.0 Å². The van der Waals surface area contributed by atoms with Gasteiger partial charge in [0, 0.05) is 34.9 Å². The van der Waals surface area contributed by atoms with Crippen LogP contribution in [0, 0.1) is 0 Å². The number of rotatable bonds is 3.